The molecule has 0 saturated carbocycles. The number of nitrogens with zero attached hydrogens (tertiary/aromatic N) is 1. The van der Waals surface area contributed by atoms with E-state index in [1.165, 1.54) is 6.92 Å². The van der Waals surface area contributed by atoms with Gasteiger partial charge in [-0.1, -0.05) is 0 Å². The second kappa shape index (κ2) is 5.31. The van der Waals surface area contributed by atoms with Gasteiger partial charge in [-0.2, -0.15) is 0 Å². The Morgan fingerprint density at radius 1 is 1.58 bits per heavy atom. The van der Waals surface area contributed by atoms with Gasteiger partial charge in [0.05, 0.1) is 23.1 Å². The van der Waals surface area contributed by atoms with E-state index in [-0.39, 0.29) is 27.8 Å². The molecule has 19 heavy (non-hydrogen) atoms. The minimum absolute atomic E-state index is 0.158. The van der Waals surface area contributed by atoms with Crippen LogP contribution in [0.4, 0.5) is 10.1 Å². The van der Waals surface area contributed by atoms with Crippen LogP contribution in [-0.4, -0.2) is 35.3 Å². The van der Waals surface area contributed by atoms with Gasteiger partial charge in [0.1, 0.15) is 5.82 Å². The van der Waals surface area contributed by atoms with Gasteiger partial charge in [0.25, 0.3) is 10.8 Å². The fourth-order valence-electron chi connectivity index (χ4n) is 1.95. The van der Waals surface area contributed by atoms with E-state index >= 15 is 0 Å². The number of aryl methyl sites for hydroxylation is 1. The zero-order valence-corrected chi connectivity index (χ0v) is 10.4. The van der Waals surface area contributed by atoms with Crippen LogP contribution in [-0.2, 0) is 4.74 Å². The quantitative estimate of drug-likeness (QED) is 0.814. The van der Waals surface area contributed by atoms with Gasteiger partial charge < -0.3 is 10.1 Å². The van der Waals surface area contributed by atoms with E-state index in [0.29, 0.717) is 19.6 Å². The highest BCUT2D eigenvalue weighted by atomic mass is 19.1. The van der Waals surface area contributed by atoms with Gasteiger partial charge in [0, 0.05) is 18.2 Å². The smallest absolute Gasteiger partial charge is 0.320 e. The number of carbonyl (C=O) groups is 1. The third kappa shape index (κ3) is 2.87. The van der Waals surface area contributed by atoms with Crippen molar-refractivity contribution in [3.05, 3.63) is 34.0 Å². The van der Waals surface area contributed by atoms with Crippen LogP contribution in [0.1, 0.15) is 22.3 Å². The minimum atomic E-state index is -0.737. The molecule has 2 rings (SSSR count). The number of hydrogen-bond acceptors (Lipinski definition) is 3. The topological polar surface area (TPSA) is 78.6 Å². The van der Waals surface area contributed by atoms with Crippen molar-refractivity contribution in [2.24, 2.45) is 0 Å². The lowest BCUT2D eigenvalue weighted by Crippen LogP contribution is -2.35. The van der Waals surface area contributed by atoms with Gasteiger partial charge >= 0.3 is 5.69 Å². The summed E-state index contributed by atoms with van der Waals surface area (Å²) in [6.45, 7) is 2.41. The fraction of sp³-hybridized carbons (Fsp3) is 0.417. The molecular weight excluding hydrogens is 255 g/mol. The fourth-order valence-corrected chi connectivity index (χ4v) is 1.95. The number of halogens is 1. The van der Waals surface area contributed by atoms with Crippen molar-refractivity contribution in [3.8, 4) is 0 Å². The molecule has 1 heterocycles. The highest BCUT2D eigenvalue weighted by Gasteiger charge is 2.25. The summed E-state index contributed by atoms with van der Waals surface area (Å²) < 4.78 is 18.8. The molecule has 102 valence electrons. The summed E-state index contributed by atoms with van der Waals surface area (Å²) >= 11 is 0. The Kier molecular flexibility index (Phi) is 3.75. The van der Waals surface area contributed by atoms with Crippen LogP contribution >= 0.6 is 0 Å². The summed E-state index contributed by atoms with van der Waals surface area (Å²) in [7, 11) is 0. The van der Waals surface area contributed by atoms with Crippen molar-refractivity contribution in [1.29, 1.82) is 0 Å². The number of nitrogens with one attached hydrogen (secondary N) is 1. The maximum atomic E-state index is 13.7. The van der Waals surface area contributed by atoms with Crippen LogP contribution in [0.3, 0.4) is 0 Å². The predicted octanol–water partition coefficient (Wildman–Crippen LogP) is 1.45. The van der Waals surface area contributed by atoms with E-state index in [1.807, 2.05) is 0 Å². The predicted molar refractivity (Wildman–Crippen MR) is 62.9 cm³/mol. The van der Waals surface area contributed by atoms with Gasteiger partial charge in [-0.3, -0.25) is 4.79 Å². The number of amides is 1. The summed E-state index contributed by atoms with van der Waals surface area (Å²) in [5, 5.41) is 11.5. The highest BCUT2D eigenvalue weighted by molar-refractivity contribution is 5.95. The summed E-state index contributed by atoms with van der Waals surface area (Å²) in [5.41, 5.74) is -0.188. The molecular formula is C12H14FN2O4+. The monoisotopic (exact) mass is 269 g/mol. The number of benzene rings is 1. The van der Waals surface area contributed by atoms with Gasteiger partial charge in [-0.15, -0.1) is 0 Å². The Bertz CT molecular complexity index is 527. The molecule has 0 spiro atoms. The summed E-state index contributed by atoms with van der Waals surface area (Å²) in [5.74, 6) is -1.37. The molecule has 2 N–H and O–H groups in total. The molecule has 6 nitrogen and oxygen atoms in total. The molecule has 0 radical (unpaired) electrons. The molecule has 1 aromatic rings. The third-order valence-electron chi connectivity index (χ3n) is 3.00. The molecule has 1 fully saturated rings. The first-order valence-corrected chi connectivity index (χ1v) is 5.84. The van der Waals surface area contributed by atoms with Crippen molar-refractivity contribution in [2.45, 2.75) is 19.4 Å². The molecule has 0 aliphatic carbocycles. The van der Waals surface area contributed by atoms with Crippen LogP contribution in [0.15, 0.2) is 12.1 Å². The standard InChI is InChI=1S/C12H13FN2O4/c1-7-4-10(13)9(5-11(7)15(17)18)12(16)14-8-2-3-19-6-8/h4-5,8H,2-3,6H2,1H3,(H-,14,16,17,18)/p+1. The molecule has 7 heteroatoms. The zero-order chi connectivity index (χ0) is 14.0. The Hall–Kier alpha value is -2.02. The van der Waals surface area contributed by atoms with Crippen molar-refractivity contribution in [1.82, 2.24) is 5.32 Å². The maximum Gasteiger partial charge on any atom is 0.320 e. The van der Waals surface area contributed by atoms with Crippen LogP contribution in [0.2, 0.25) is 0 Å². The lowest BCUT2D eigenvalue weighted by Gasteiger charge is -2.11. The zero-order valence-electron chi connectivity index (χ0n) is 10.4. The van der Waals surface area contributed by atoms with Crippen molar-refractivity contribution in [3.63, 3.8) is 0 Å². The number of ether oxygens (including phenoxy) is 1. The molecule has 1 atom stereocenters. The summed E-state index contributed by atoms with van der Waals surface area (Å²) in [4.78, 5) is 22.4. The van der Waals surface area contributed by atoms with E-state index in [2.05, 4.69) is 5.32 Å². The van der Waals surface area contributed by atoms with E-state index in [9.17, 15) is 14.1 Å². The van der Waals surface area contributed by atoms with Gasteiger partial charge in [0.2, 0.25) is 0 Å². The summed E-state index contributed by atoms with van der Waals surface area (Å²) in [6.07, 6.45) is 0.666. The third-order valence-corrected chi connectivity index (χ3v) is 3.00. The lowest BCUT2D eigenvalue weighted by molar-refractivity contribution is -0.730. The van der Waals surface area contributed by atoms with E-state index < -0.39 is 11.7 Å². The molecule has 1 aliphatic rings. The van der Waals surface area contributed by atoms with Crippen molar-refractivity contribution >= 4 is 11.6 Å². The van der Waals surface area contributed by atoms with Crippen molar-refractivity contribution in [2.75, 3.05) is 13.2 Å². The van der Waals surface area contributed by atoms with Gasteiger partial charge in [0.15, 0.2) is 0 Å². The van der Waals surface area contributed by atoms with Gasteiger partial charge in [-0.05, 0) is 19.4 Å². The largest absolute Gasteiger partial charge is 0.379 e. The average molecular weight is 269 g/mol. The highest BCUT2D eigenvalue weighted by Crippen LogP contribution is 2.22. The average Bonchev–Trinajstić information content (AvgIpc) is 2.81. The van der Waals surface area contributed by atoms with Crippen LogP contribution in [0.5, 0.6) is 0 Å². The molecule has 1 aromatic carbocycles. The Morgan fingerprint density at radius 3 is 2.89 bits per heavy atom. The molecule has 0 bridgehead atoms. The maximum absolute atomic E-state index is 13.7. The summed E-state index contributed by atoms with van der Waals surface area (Å²) in [6, 6.07) is 1.91. The van der Waals surface area contributed by atoms with Crippen LogP contribution in [0, 0.1) is 17.6 Å². The number of rotatable bonds is 3. The molecule has 1 saturated heterocycles. The van der Waals surface area contributed by atoms with E-state index in [0.717, 1.165) is 12.1 Å². The Morgan fingerprint density at radius 2 is 2.32 bits per heavy atom. The van der Waals surface area contributed by atoms with E-state index in [1.54, 1.807) is 0 Å². The van der Waals surface area contributed by atoms with Gasteiger partial charge in [-0.25, -0.2) is 9.60 Å². The van der Waals surface area contributed by atoms with Crippen LogP contribution in [0.25, 0.3) is 0 Å². The lowest BCUT2D eigenvalue weighted by atomic mass is 10.1. The number of carbonyl (C=O) groups excluding carboxylic acids is 1. The number of hydrogen-bond donors (Lipinski definition) is 2. The first-order valence-electron chi connectivity index (χ1n) is 5.84. The van der Waals surface area contributed by atoms with E-state index in [4.69, 9.17) is 9.94 Å². The second-order valence-electron chi connectivity index (χ2n) is 4.43. The van der Waals surface area contributed by atoms with Crippen LogP contribution < -0.4 is 5.32 Å². The molecule has 1 amide bonds. The minimum Gasteiger partial charge on any atom is -0.379 e. The molecule has 0 aromatic heterocycles. The first-order chi connectivity index (χ1) is 8.99. The Labute approximate surface area is 108 Å². The SMILES string of the molecule is Cc1cc(F)c(C(=O)NC2CCOC2)cc1[N+](=O)O. The molecule has 1 unspecified atom stereocenters. The normalized spacial score (nSPS) is 18.3. The second-order valence-corrected chi connectivity index (χ2v) is 4.43. The first kappa shape index (κ1) is 13.4. The van der Waals surface area contributed by atoms with Crippen molar-refractivity contribution < 1.29 is 24.1 Å². The Balaban J connectivity index is 2.25. The molecule has 1 aliphatic heterocycles.